The maximum atomic E-state index is 13.1. The molecular formula is C23H23FN4O. The Kier molecular flexibility index (Phi) is 5.09. The summed E-state index contributed by atoms with van der Waals surface area (Å²) in [4.78, 5) is 26.0. The first-order valence-corrected chi connectivity index (χ1v) is 9.70. The molecule has 3 aromatic rings. The second kappa shape index (κ2) is 7.70. The number of rotatable bonds is 4. The van der Waals surface area contributed by atoms with E-state index in [-0.39, 0.29) is 29.6 Å². The van der Waals surface area contributed by atoms with Crippen molar-refractivity contribution in [2.24, 2.45) is 5.41 Å². The van der Waals surface area contributed by atoms with Crippen molar-refractivity contribution >= 4 is 5.91 Å². The van der Waals surface area contributed by atoms with Gasteiger partial charge in [-0.2, -0.15) is 0 Å². The van der Waals surface area contributed by atoms with Crippen molar-refractivity contribution < 1.29 is 9.18 Å². The predicted molar refractivity (Wildman–Crippen MR) is 108 cm³/mol. The van der Waals surface area contributed by atoms with E-state index >= 15 is 0 Å². The van der Waals surface area contributed by atoms with Gasteiger partial charge in [-0.15, -0.1) is 0 Å². The van der Waals surface area contributed by atoms with Gasteiger partial charge in [0, 0.05) is 29.7 Å². The Morgan fingerprint density at radius 3 is 2.62 bits per heavy atom. The Morgan fingerprint density at radius 1 is 1.17 bits per heavy atom. The number of nitrogens with zero attached hydrogens (tertiary/aromatic N) is 3. The summed E-state index contributed by atoms with van der Waals surface area (Å²) in [5.74, 6) is 0.267. The lowest BCUT2D eigenvalue weighted by Gasteiger charge is -2.36. The third-order valence-electron chi connectivity index (χ3n) is 5.23. The molecule has 1 aliphatic rings. The van der Waals surface area contributed by atoms with E-state index in [4.69, 9.17) is 4.98 Å². The van der Waals surface area contributed by atoms with E-state index in [1.54, 1.807) is 24.5 Å². The number of pyridine rings is 1. The number of carbonyl (C=O) groups is 1. The molecule has 1 atom stereocenters. The second-order valence-corrected chi connectivity index (χ2v) is 8.30. The highest BCUT2D eigenvalue weighted by atomic mass is 19.1. The summed E-state index contributed by atoms with van der Waals surface area (Å²) in [5, 5.41) is 3.13. The first kappa shape index (κ1) is 19.2. The highest BCUT2D eigenvalue weighted by molar-refractivity contribution is 5.79. The van der Waals surface area contributed by atoms with Crippen molar-refractivity contribution in [3.8, 4) is 11.4 Å². The lowest BCUT2D eigenvalue weighted by Crippen LogP contribution is -2.37. The van der Waals surface area contributed by atoms with Crippen molar-refractivity contribution in [2.75, 3.05) is 0 Å². The van der Waals surface area contributed by atoms with Gasteiger partial charge in [0.2, 0.25) is 5.91 Å². The molecule has 0 unspecified atom stereocenters. The number of carbonyl (C=O) groups excluding carboxylic acids is 1. The van der Waals surface area contributed by atoms with Crippen LogP contribution in [0.15, 0.2) is 55.0 Å². The van der Waals surface area contributed by atoms with Crippen LogP contribution in [-0.4, -0.2) is 20.9 Å². The zero-order valence-corrected chi connectivity index (χ0v) is 16.5. The van der Waals surface area contributed by atoms with E-state index in [2.05, 4.69) is 29.1 Å². The minimum absolute atomic E-state index is 0.00465. The van der Waals surface area contributed by atoms with Crippen LogP contribution in [-0.2, 0) is 17.6 Å². The molecule has 0 saturated carbocycles. The monoisotopic (exact) mass is 390 g/mol. The lowest BCUT2D eigenvalue weighted by atomic mass is 9.74. The van der Waals surface area contributed by atoms with E-state index in [0.29, 0.717) is 5.82 Å². The fourth-order valence-electron chi connectivity index (χ4n) is 3.85. The normalized spacial score (nSPS) is 17.4. The summed E-state index contributed by atoms with van der Waals surface area (Å²) in [7, 11) is 0. The van der Waals surface area contributed by atoms with Gasteiger partial charge in [0.05, 0.1) is 18.2 Å². The van der Waals surface area contributed by atoms with Gasteiger partial charge >= 0.3 is 0 Å². The highest BCUT2D eigenvalue weighted by Crippen LogP contribution is 2.40. The van der Waals surface area contributed by atoms with Crippen LogP contribution in [0.1, 0.15) is 43.1 Å². The van der Waals surface area contributed by atoms with Crippen molar-refractivity contribution in [1.82, 2.24) is 20.3 Å². The maximum absolute atomic E-state index is 13.1. The Morgan fingerprint density at radius 2 is 1.90 bits per heavy atom. The third kappa shape index (κ3) is 4.47. The van der Waals surface area contributed by atoms with Crippen molar-refractivity contribution in [3.05, 3.63) is 77.6 Å². The van der Waals surface area contributed by atoms with Gasteiger partial charge in [-0.05, 0) is 48.1 Å². The molecular weight excluding hydrogens is 367 g/mol. The van der Waals surface area contributed by atoms with Crippen molar-refractivity contribution in [3.63, 3.8) is 0 Å². The molecule has 0 saturated heterocycles. The maximum Gasteiger partial charge on any atom is 0.224 e. The molecule has 6 heteroatoms. The molecule has 0 bridgehead atoms. The molecule has 0 radical (unpaired) electrons. The van der Waals surface area contributed by atoms with Gasteiger partial charge < -0.3 is 5.32 Å². The van der Waals surface area contributed by atoms with Crippen LogP contribution < -0.4 is 5.32 Å². The summed E-state index contributed by atoms with van der Waals surface area (Å²) in [6.07, 6.45) is 7.13. The number of hydrogen-bond acceptors (Lipinski definition) is 4. The number of halogens is 1. The van der Waals surface area contributed by atoms with Crippen LogP contribution in [0.5, 0.6) is 0 Å². The second-order valence-electron chi connectivity index (χ2n) is 8.30. The number of nitrogens with one attached hydrogen (secondary N) is 1. The quantitative estimate of drug-likeness (QED) is 0.730. The summed E-state index contributed by atoms with van der Waals surface area (Å²) >= 11 is 0. The van der Waals surface area contributed by atoms with E-state index in [1.165, 1.54) is 12.1 Å². The third-order valence-corrected chi connectivity index (χ3v) is 5.23. The summed E-state index contributed by atoms with van der Waals surface area (Å²) < 4.78 is 13.1. The number of hydrogen-bond donors (Lipinski definition) is 1. The van der Waals surface area contributed by atoms with Crippen LogP contribution in [0, 0.1) is 11.2 Å². The van der Waals surface area contributed by atoms with Crippen LogP contribution in [0.25, 0.3) is 11.4 Å². The average molecular weight is 390 g/mol. The Labute approximate surface area is 169 Å². The smallest absolute Gasteiger partial charge is 0.224 e. The van der Waals surface area contributed by atoms with Gasteiger partial charge in [0.1, 0.15) is 5.82 Å². The van der Waals surface area contributed by atoms with Crippen LogP contribution >= 0.6 is 0 Å². The molecule has 1 aliphatic carbocycles. The standard InChI is InChI=1S/C23H23FN4O/c1-23(2)12-19(27-21(29)11-15-3-5-17(24)6-4-15)18-14-26-22(28-20(18)13-23)16-7-9-25-10-8-16/h3-10,14,19H,11-13H2,1-2H3,(H,27,29)/t19-/m1/s1. The molecule has 1 aromatic carbocycles. The molecule has 1 amide bonds. The lowest BCUT2D eigenvalue weighted by molar-refractivity contribution is -0.121. The predicted octanol–water partition coefficient (Wildman–Crippen LogP) is 4.05. The summed E-state index contributed by atoms with van der Waals surface area (Å²) in [6.45, 7) is 4.37. The fraction of sp³-hybridized carbons (Fsp3) is 0.304. The van der Waals surface area contributed by atoms with E-state index < -0.39 is 0 Å². The number of benzene rings is 1. The minimum Gasteiger partial charge on any atom is -0.349 e. The average Bonchev–Trinajstić information content (AvgIpc) is 2.69. The Bertz CT molecular complexity index is 1020. The number of amides is 1. The topological polar surface area (TPSA) is 67.8 Å². The van der Waals surface area contributed by atoms with Gasteiger partial charge in [-0.1, -0.05) is 26.0 Å². The first-order chi connectivity index (χ1) is 13.9. The van der Waals surface area contributed by atoms with Crippen LogP contribution in [0.2, 0.25) is 0 Å². The molecule has 1 N–H and O–H groups in total. The molecule has 5 nitrogen and oxygen atoms in total. The van der Waals surface area contributed by atoms with Crippen LogP contribution in [0.3, 0.4) is 0 Å². The molecule has 2 heterocycles. The van der Waals surface area contributed by atoms with Gasteiger partial charge in [-0.25, -0.2) is 14.4 Å². The van der Waals surface area contributed by atoms with Gasteiger partial charge in [-0.3, -0.25) is 9.78 Å². The molecule has 2 aromatic heterocycles. The Hall–Kier alpha value is -3.15. The van der Waals surface area contributed by atoms with Crippen LogP contribution in [0.4, 0.5) is 4.39 Å². The first-order valence-electron chi connectivity index (χ1n) is 9.70. The van der Waals surface area contributed by atoms with E-state index in [1.807, 2.05) is 18.3 Å². The summed E-state index contributed by atoms with van der Waals surface area (Å²) in [5.41, 5.74) is 3.64. The molecule has 0 spiro atoms. The van der Waals surface area contributed by atoms with Crippen molar-refractivity contribution in [1.29, 1.82) is 0 Å². The highest BCUT2D eigenvalue weighted by Gasteiger charge is 2.34. The molecule has 29 heavy (non-hydrogen) atoms. The minimum atomic E-state index is -0.306. The fourth-order valence-corrected chi connectivity index (χ4v) is 3.85. The van der Waals surface area contributed by atoms with Gasteiger partial charge in [0.25, 0.3) is 0 Å². The number of fused-ring (bicyclic) bond motifs is 1. The Balaban J connectivity index is 1.57. The summed E-state index contributed by atoms with van der Waals surface area (Å²) in [6, 6.07) is 9.64. The molecule has 148 valence electrons. The zero-order valence-electron chi connectivity index (χ0n) is 16.5. The molecule has 0 aliphatic heterocycles. The zero-order chi connectivity index (χ0) is 20.4. The largest absolute Gasteiger partial charge is 0.349 e. The van der Waals surface area contributed by atoms with Crippen molar-refractivity contribution in [2.45, 2.75) is 39.2 Å². The van der Waals surface area contributed by atoms with E-state index in [0.717, 1.165) is 35.2 Å². The van der Waals surface area contributed by atoms with E-state index in [9.17, 15) is 9.18 Å². The molecule has 4 rings (SSSR count). The van der Waals surface area contributed by atoms with Gasteiger partial charge in [0.15, 0.2) is 5.82 Å². The number of aromatic nitrogens is 3. The SMILES string of the molecule is CC1(C)Cc2nc(-c3ccncc3)ncc2[C@H](NC(=O)Cc2ccc(F)cc2)C1. The molecule has 0 fully saturated rings.